The molecule has 0 bridgehead atoms. The maximum Gasteiger partial charge on any atom is 0.139 e. The number of hydrogen-bond donors (Lipinski definition) is 1. The molecule has 0 aromatic heterocycles. The summed E-state index contributed by atoms with van der Waals surface area (Å²) in [6.45, 7) is 4.47. The summed E-state index contributed by atoms with van der Waals surface area (Å²) in [6, 6.07) is 8.77. The Balaban J connectivity index is 2.10. The lowest BCUT2D eigenvalue weighted by Crippen LogP contribution is -2.43. The summed E-state index contributed by atoms with van der Waals surface area (Å²) in [4.78, 5) is 2.43. The van der Waals surface area contributed by atoms with E-state index in [0.29, 0.717) is 0 Å². The van der Waals surface area contributed by atoms with E-state index in [1.807, 2.05) is 0 Å². The molecule has 2 nitrogen and oxygen atoms in total. The molecule has 0 atom stereocenters. The van der Waals surface area contributed by atoms with Gasteiger partial charge in [-0.25, -0.2) is 0 Å². The second-order valence-electron chi connectivity index (χ2n) is 3.57. The van der Waals surface area contributed by atoms with Crippen LogP contribution < -0.4 is 15.7 Å². The number of nitrogens with zero attached hydrogens (tertiary/aromatic N) is 1. The van der Waals surface area contributed by atoms with Crippen LogP contribution in [0.15, 0.2) is 24.3 Å². The molecule has 1 aliphatic heterocycles. The van der Waals surface area contributed by atoms with Crippen molar-refractivity contribution in [3.05, 3.63) is 24.3 Å². The van der Waals surface area contributed by atoms with Crippen molar-refractivity contribution < 1.29 is 0 Å². The smallest absolute Gasteiger partial charge is 0.139 e. The average Bonchev–Trinajstić information content (AvgIpc) is 2.20. The maximum absolute atomic E-state index is 3.35. The van der Waals surface area contributed by atoms with Crippen LogP contribution in [-0.2, 0) is 0 Å². The summed E-state index contributed by atoms with van der Waals surface area (Å²) in [6.07, 6.45) is 0. The highest BCUT2D eigenvalue weighted by Gasteiger charge is 2.08. The van der Waals surface area contributed by atoms with Crippen LogP contribution in [0, 0.1) is 0 Å². The molecule has 1 aliphatic rings. The molecule has 2 rings (SSSR count). The molecule has 1 aromatic rings. The number of hydrogen-bond acceptors (Lipinski definition) is 2. The van der Waals surface area contributed by atoms with E-state index in [1.54, 1.807) is 0 Å². The lowest BCUT2D eigenvalue weighted by molar-refractivity contribution is 0.589. The SMILES string of the molecule is Bc1ccc(N2CCNCC2)cc1. The Morgan fingerprint density at radius 1 is 1.08 bits per heavy atom. The predicted octanol–water partition coefficient (Wildman–Crippen LogP) is -0.645. The zero-order chi connectivity index (χ0) is 9.10. The molecule has 1 saturated heterocycles. The highest BCUT2D eigenvalue weighted by atomic mass is 15.2. The topological polar surface area (TPSA) is 15.3 Å². The highest BCUT2D eigenvalue weighted by Crippen LogP contribution is 2.11. The molecule has 1 N–H and O–H groups in total. The van der Waals surface area contributed by atoms with Gasteiger partial charge in [0.1, 0.15) is 7.85 Å². The van der Waals surface area contributed by atoms with Crippen molar-refractivity contribution in [3.8, 4) is 0 Å². The zero-order valence-corrected chi connectivity index (χ0v) is 8.09. The lowest BCUT2D eigenvalue weighted by atomic mass is 9.96. The summed E-state index contributed by atoms with van der Waals surface area (Å²) in [5, 5.41) is 3.35. The normalized spacial score (nSPS) is 17.4. The van der Waals surface area contributed by atoms with Crippen LogP contribution in [0.3, 0.4) is 0 Å². The van der Waals surface area contributed by atoms with Crippen LogP contribution >= 0.6 is 0 Å². The first-order valence-electron chi connectivity index (χ1n) is 4.88. The third kappa shape index (κ3) is 2.04. The van der Waals surface area contributed by atoms with Gasteiger partial charge in [0.15, 0.2) is 0 Å². The van der Waals surface area contributed by atoms with Crippen LogP contribution in [0.1, 0.15) is 0 Å². The number of rotatable bonds is 1. The summed E-state index contributed by atoms with van der Waals surface area (Å²) < 4.78 is 0. The standard InChI is InChI=1S/C10H15BN2/c11-9-1-3-10(4-2-9)13-7-5-12-6-8-13/h1-4,12H,5-8,11H2. The summed E-state index contributed by atoms with van der Waals surface area (Å²) in [5.41, 5.74) is 2.69. The molecule has 0 amide bonds. The van der Waals surface area contributed by atoms with Crippen LogP contribution in [0.5, 0.6) is 0 Å². The van der Waals surface area contributed by atoms with E-state index < -0.39 is 0 Å². The van der Waals surface area contributed by atoms with E-state index >= 15 is 0 Å². The van der Waals surface area contributed by atoms with Crippen LogP contribution in [0.25, 0.3) is 0 Å². The summed E-state index contributed by atoms with van der Waals surface area (Å²) >= 11 is 0. The van der Waals surface area contributed by atoms with E-state index in [2.05, 4.69) is 42.3 Å². The first-order valence-corrected chi connectivity index (χ1v) is 4.88. The molecule has 1 aromatic carbocycles. The molecule has 3 heteroatoms. The van der Waals surface area contributed by atoms with E-state index in [9.17, 15) is 0 Å². The molecule has 0 saturated carbocycles. The van der Waals surface area contributed by atoms with Gasteiger partial charge >= 0.3 is 0 Å². The van der Waals surface area contributed by atoms with Gasteiger partial charge in [-0.05, 0) is 12.1 Å². The second kappa shape index (κ2) is 3.84. The molecule has 13 heavy (non-hydrogen) atoms. The Kier molecular flexibility index (Phi) is 2.55. The third-order valence-electron chi connectivity index (χ3n) is 2.52. The Bertz CT molecular complexity index is 265. The zero-order valence-electron chi connectivity index (χ0n) is 8.09. The number of benzene rings is 1. The first kappa shape index (κ1) is 8.63. The number of anilines is 1. The molecule has 0 spiro atoms. The van der Waals surface area contributed by atoms with E-state index in [1.165, 1.54) is 11.2 Å². The Morgan fingerprint density at radius 2 is 1.69 bits per heavy atom. The van der Waals surface area contributed by atoms with Crippen molar-refractivity contribution in [2.24, 2.45) is 0 Å². The van der Waals surface area contributed by atoms with E-state index in [4.69, 9.17) is 0 Å². The van der Waals surface area contributed by atoms with Crippen molar-refractivity contribution in [1.29, 1.82) is 0 Å². The first-order chi connectivity index (χ1) is 6.36. The van der Waals surface area contributed by atoms with Gasteiger partial charge in [-0.2, -0.15) is 0 Å². The summed E-state index contributed by atoms with van der Waals surface area (Å²) in [7, 11) is 2.13. The highest BCUT2D eigenvalue weighted by molar-refractivity contribution is 6.32. The lowest BCUT2D eigenvalue weighted by Gasteiger charge is -2.29. The molecule has 1 heterocycles. The van der Waals surface area contributed by atoms with Crippen LogP contribution in [0.2, 0.25) is 0 Å². The molecule has 0 unspecified atom stereocenters. The van der Waals surface area contributed by atoms with Gasteiger partial charge in [-0.1, -0.05) is 17.6 Å². The van der Waals surface area contributed by atoms with Gasteiger partial charge in [0.25, 0.3) is 0 Å². The molecule has 0 aliphatic carbocycles. The molecule has 1 fully saturated rings. The van der Waals surface area contributed by atoms with Crippen molar-refractivity contribution in [2.75, 3.05) is 31.1 Å². The second-order valence-corrected chi connectivity index (χ2v) is 3.57. The van der Waals surface area contributed by atoms with Gasteiger partial charge in [-0.15, -0.1) is 0 Å². The van der Waals surface area contributed by atoms with Gasteiger partial charge in [0.2, 0.25) is 0 Å². The third-order valence-corrected chi connectivity index (χ3v) is 2.52. The maximum atomic E-state index is 3.35. The molecule has 68 valence electrons. The minimum Gasteiger partial charge on any atom is -0.369 e. The Hall–Kier alpha value is -0.955. The molecular weight excluding hydrogens is 159 g/mol. The fourth-order valence-electron chi connectivity index (χ4n) is 1.68. The van der Waals surface area contributed by atoms with Crippen molar-refractivity contribution >= 4 is 19.0 Å². The van der Waals surface area contributed by atoms with Crippen molar-refractivity contribution in [3.63, 3.8) is 0 Å². The van der Waals surface area contributed by atoms with Gasteiger partial charge in [-0.3, -0.25) is 0 Å². The van der Waals surface area contributed by atoms with Crippen molar-refractivity contribution in [1.82, 2.24) is 5.32 Å². The Labute approximate surface area is 80.3 Å². The number of nitrogens with one attached hydrogen (secondary N) is 1. The predicted molar refractivity (Wildman–Crippen MR) is 59.7 cm³/mol. The Morgan fingerprint density at radius 3 is 2.31 bits per heavy atom. The fourth-order valence-corrected chi connectivity index (χ4v) is 1.68. The van der Waals surface area contributed by atoms with Crippen LogP contribution in [0.4, 0.5) is 5.69 Å². The van der Waals surface area contributed by atoms with Crippen LogP contribution in [-0.4, -0.2) is 34.0 Å². The van der Waals surface area contributed by atoms with Gasteiger partial charge in [0.05, 0.1) is 0 Å². The minimum absolute atomic E-state index is 1.11. The number of piperazine rings is 1. The van der Waals surface area contributed by atoms with Gasteiger partial charge < -0.3 is 10.2 Å². The van der Waals surface area contributed by atoms with Crippen molar-refractivity contribution in [2.45, 2.75) is 0 Å². The van der Waals surface area contributed by atoms with E-state index in [0.717, 1.165) is 26.2 Å². The molecule has 0 radical (unpaired) electrons. The summed E-state index contributed by atoms with van der Waals surface area (Å²) in [5.74, 6) is 0. The van der Waals surface area contributed by atoms with E-state index in [-0.39, 0.29) is 0 Å². The fraction of sp³-hybridized carbons (Fsp3) is 0.400. The largest absolute Gasteiger partial charge is 0.369 e. The van der Waals surface area contributed by atoms with Gasteiger partial charge in [0, 0.05) is 31.9 Å². The quantitative estimate of drug-likeness (QED) is 0.569. The molecular formula is C10H15BN2. The minimum atomic E-state index is 1.11. The average molecular weight is 174 g/mol. The monoisotopic (exact) mass is 174 g/mol.